The molecule has 2 atom stereocenters. The van der Waals surface area contributed by atoms with Gasteiger partial charge in [-0.15, -0.1) is 0 Å². The maximum atomic E-state index is 11.5. The van der Waals surface area contributed by atoms with Crippen LogP contribution < -0.4 is 5.73 Å². The molecular weight excluding hydrogens is 178 g/mol. The molecule has 0 bridgehead atoms. The molecule has 2 N–H and O–H groups in total. The first kappa shape index (κ1) is 11.0. The molecule has 2 unspecified atom stereocenters. The van der Waals surface area contributed by atoms with Crippen molar-refractivity contribution < 1.29 is 9.53 Å². The van der Waals surface area contributed by atoms with Crippen molar-refractivity contribution in [1.82, 2.24) is 0 Å². The molecule has 1 rings (SSSR count). The van der Waals surface area contributed by atoms with Crippen molar-refractivity contribution in [2.45, 2.75) is 26.3 Å². The number of esters is 1. The van der Waals surface area contributed by atoms with Gasteiger partial charge >= 0.3 is 5.97 Å². The smallest absolute Gasteiger partial charge is 0.315 e. The number of ether oxygens (including phenoxy) is 1. The third kappa shape index (κ3) is 1.87. The number of rotatable bonds is 1. The summed E-state index contributed by atoms with van der Waals surface area (Å²) in [6.45, 7) is 5.72. The zero-order valence-electron chi connectivity index (χ0n) is 9.13. The predicted molar refractivity (Wildman–Crippen MR) is 55.6 cm³/mol. The van der Waals surface area contributed by atoms with Gasteiger partial charge in [0.05, 0.1) is 13.0 Å². The Balaban J connectivity index is 3.08. The van der Waals surface area contributed by atoms with Crippen LogP contribution in [0.25, 0.3) is 0 Å². The zero-order chi connectivity index (χ0) is 10.9. The first-order valence-electron chi connectivity index (χ1n) is 4.63. The normalized spacial score (nSPS) is 31.9. The Morgan fingerprint density at radius 1 is 1.57 bits per heavy atom. The average molecular weight is 195 g/mol. The summed E-state index contributed by atoms with van der Waals surface area (Å²) in [7, 11) is 1.39. The van der Waals surface area contributed by atoms with Crippen LogP contribution in [-0.2, 0) is 9.53 Å². The number of allylic oxidation sites excluding steroid dienone is 2. The Morgan fingerprint density at radius 2 is 2.14 bits per heavy atom. The highest BCUT2D eigenvalue weighted by molar-refractivity contribution is 5.78. The molecule has 0 fully saturated rings. The van der Waals surface area contributed by atoms with E-state index in [1.54, 1.807) is 0 Å². The van der Waals surface area contributed by atoms with E-state index in [4.69, 9.17) is 10.5 Å². The lowest BCUT2D eigenvalue weighted by molar-refractivity contribution is -0.145. The lowest BCUT2D eigenvalue weighted by atomic mass is 9.76. The number of methoxy groups -OCH3 is 1. The van der Waals surface area contributed by atoms with Gasteiger partial charge in [-0.2, -0.15) is 0 Å². The lowest BCUT2D eigenvalue weighted by Crippen LogP contribution is -2.48. The van der Waals surface area contributed by atoms with Crippen LogP contribution in [0.4, 0.5) is 0 Å². The second kappa shape index (κ2) is 3.58. The Bertz CT molecular complexity index is 313. The molecule has 78 valence electrons. The van der Waals surface area contributed by atoms with Crippen LogP contribution in [0.1, 0.15) is 20.8 Å². The molecule has 0 saturated heterocycles. The maximum Gasteiger partial charge on any atom is 0.315 e. The predicted octanol–water partition coefficient (Wildman–Crippen LogP) is 1.40. The fraction of sp³-hybridized carbons (Fsp3) is 0.545. The second-order valence-corrected chi connectivity index (χ2v) is 4.10. The molecule has 3 heteroatoms. The lowest BCUT2D eigenvalue weighted by Gasteiger charge is -2.33. The van der Waals surface area contributed by atoms with E-state index < -0.39 is 5.54 Å². The van der Waals surface area contributed by atoms with Crippen LogP contribution in [0.5, 0.6) is 0 Å². The van der Waals surface area contributed by atoms with Gasteiger partial charge in [-0.25, -0.2) is 0 Å². The van der Waals surface area contributed by atoms with E-state index in [-0.39, 0.29) is 11.9 Å². The fourth-order valence-corrected chi connectivity index (χ4v) is 2.11. The van der Waals surface area contributed by atoms with E-state index >= 15 is 0 Å². The van der Waals surface area contributed by atoms with Crippen LogP contribution in [0, 0.1) is 5.92 Å². The minimum atomic E-state index is -0.643. The van der Waals surface area contributed by atoms with Crippen molar-refractivity contribution in [3.8, 4) is 0 Å². The third-order valence-corrected chi connectivity index (χ3v) is 2.51. The minimum absolute atomic E-state index is 0.271. The average Bonchev–Trinajstić information content (AvgIpc) is 1.99. The molecule has 0 aromatic rings. The van der Waals surface area contributed by atoms with E-state index in [1.165, 1.54) is 7.11 Å². The van der Waals surface area contributed by atoms with Crippen LogP contribution >= 0.6 is 0 Å². The van der Waals surface area contributed by atoms with Crippen molar-refractivity contribution in [1.29, 1.82) is 0 Å². The largest absolute Gasteiger partial charge is 0.468 e. The van der Waals surface area contributed by atoms with Gasteiger partial charge < -0.3 is 10.5 Å². The number of carbonyl (C=O) groups excluding carboxylic acids is 1. The van der Waals surface area contributed by atoms with Crippen LogP contribution in [-0.4, -0.2) is 18.6 Å². The van der Waals surface area contributed by atoms with Crippen LogP contribution in [0.15, 0.2) is 23.3 Å². The van der Waals surface area contributed by atoms with Crippen molar-refractivity contribution in [3.05, 3.63) is 23.3 Å². The Morgan fingerprint density at radius 3 is 2.57 bits per heavy atom. The quantitative estimate of drug-likeness (QED) is 0.643. The minimum Gasteiger partial charge on any atom is -0.468 e. The van der Waals surface area contributed by atoms with E-state index in [2.05, 4.69) is 0 Å². The number of nitrogens with two attached hydrogens (primary N) is 1. The van der Waals surface area contributed by atoms with Crippen molar-refractivity contribution in [2.24, 2.45) is 11.7 Å². The van der Waals surface area contributed by atoms with E-state index in [1.807, 2.05) is 32.9 Å². The summed E-state index contributed by atoms with van der Waals surface area (Å²) in [5.74, 6) is -0.635. The number of hydrogen-bond donors (Lipinski definition) is 1. The van der Waals surface area contributed by atoms with Gasteiger partial charge in [-0.3, -0.25) is 4.79 Å². The highest BCUT2D eigenvalue weighted by Gasteiger charge is 2.38. The molecule has 0 spiro atoms. The summed E-state index contributed by atoms with van der Waals surface area (Å²) in [5.41, 5.74) is 7.47. The van der Waals surface area contributed by atoms with Gasteiger partial charge in [-0.1, -0.05) is 23.3 Å². The van der Waals surface area contributed by atoms with Crippen LogP contribution in [0.3, 0.4) is 0 Å². The molecule has 0 heterocycles. The summed E-state index contributed by atoms with van der Waals surface area (Å²) in [6, 6.07) is 0. The Hall–Kier alpha value is -1.09. The molecule has 1 aliphatic carbocycles. The second-order valence-electron chi connectivity index (χ2n) is 4.10. The molecule has 0 aliphatic heterocycles. The van der Waals surface area contributed by atoms with Gasteiger partial charge in [0, 0.05) is 5.54 Å². The standard InChI is InChI=1S/C11H17NO2/c1-7-5-8(2)9(10(13)14-4)11(3,12)6-7/h5-6,9H,12H2,1-4H3. The maximum absolute atomic E-state index is 11.5. The number of carbonyl (C=O) groups is 1. The molecule has 0 aromatic heterocycles. The fourth-order valence-electron chi connectivity index (χ4n) is 2.11. The molecule has 3 nitrogen and oxygen atoms in total. The van der Waals surface area contributed by atoms with Crippen LogP contribution in [0.2, 0.25) is 0 Å². The third-order valence-electron chi connectivity index (χ3n) is 2.51. The Labute approximate surface area is 84.6 Å². The van der Waals surface area contributed by atoms with Gasteiger partial charge in [0.25, 0.3) is 0 Å². The molecule has 0 saturated carbocycles. The highest BCUT2D eigenvalue weighted by atomic mass is 16.5. The molecule has 0 aromatic carbocycles. The molecular formula is C11H17NO2. The van der Waals surface area contributed by atoms with E-state index in [0.717, 1.165) is 11.1 Å². The molecule has 14 heavy (non-hydrogen) atoms. The number of hydrogen-bond acceptors (Lipinski definition) is 3. The summed E-state index contributed by atoms with van der Waals surface area (Å²) in [6.07, 6.45) is 3.87. The monoisotopic (exact) mass is 195 g/mol. The molecule has 0 radical (unpaired) electrons. The van der Waals surface area contributed by atoms with Gasteiger partial charge in [-0.05, 0) is 20.8 Å². The van der Waals surface area contributed by atoms with Gasteiger partial charge in [0.1, 0.15) is 0 Å². The topological polar surface area (TPSA) is 52.3 Å². The van der Waals surface area contributed by atoms with Gasteiger partial charge in [0.15, 0.2) is 0 Å². The highest BCUT2D eigenvalue weighted by Crippen LogP contribution is 2.31. The zero-order valence-corrected chi connectivity index (χ0v) is 9.13. The first-order valence-corrected chi connectivity index (χ1v) is 4.63. The summed E-state index contributed by atoms with van der Waals surface area (Å²) in [4.78, 5) is 11.5. The SMILES string of the molecule is COC(=O)C1C(C)=CC(C)=CC1(C)N. The van der Waals surface area contributed by atoms with Gasteiger partial charge in [0.2, 0.25) is 0 Å². The first-order chi connectivity index (χ1) is 6.38. The summed E-state index contributed by atoms with van der Waals surface area (Å²) >= 11 is 0. The van der Waals surface area contributed by atoms with Crippen molar-refractivity contribution in [3.63, 3.8) is 0 Å². The summed E-state index contributed by atoms with van der Waals surface area (Å²) in [5, 5.41) is 0. The van der Waals surface area contributed by atoms with Crippen molar-refractivity contribution >= 4 is 5.97 Å². The summed E-state index contributed by atoms with van der Waals surface area (Å²) < 4.78 is 4.74. The molecule has 0 amide bonds. The molecule has 1 aliphatic rings. The van der Waals surface area contributed by atoms with Crippen molar-refractivity contribution in [2.75, 3.05) is 7.11 Å². The van der Waals surface area contributed by atoms with E-state index in [0.29, 0.717) is 0 Å². The Kier molecular flexibility index (Phi) is 2.81. The van der Waals surface area contributed by atoms with E-state index in [9.17, 15) is 4.79 Å².